The molecule has 0 heterocycles. The van der Waals surface area contributed by atoms with Crippen molar-refractivity contribution in [3.05, 3.63) is 54.4 Å². The number of hydrogen-bond acceptors (Lipinski definition) is 3. The molecule has 1 aromatic rings. The minimum absolute atomic E-state index is 0.137. The van der Waals surface area contributed by atoms with Crippen LogP contribution in [0.15, 0.2) is 43.0 Å². The van der Waals surface area contributed by atoms with Crippen LogP contribution in [0.4, 0.5) is 4.39 Å². The molecule has 118 valence electrons. The van der Waals surface area contributed by atoms with Crippen LogP contribution < -0.4 is 0 Å². The van der Waals surface area contributed by atoms with E-state index in [4.69, 9.17) is 4.74 Å². The van der Waals surface area contributed by atoms with Gasteiger partial charge in [0, 0.05) is 19.2 Å². The Balaban J connectivity index is 2.61. The number of esters is 1. The molecule has 1 rings (SSSR count). The fraction of sp³-hybridized carbons (Fsp3) is 0.294. The van der Waals surface area contributed by atoms with Crippen LogP contribution in [0, 0.1) is 5.82 Å². The van der Waals surface area contributed by atoms with E-state index in [2.05, 4.69) is 6.58 Å². The molecule has 0 unspecified atom stereocenters. The molecule has 0 radical (unpaired) electrons. The first-order chi connectivity index (χ1) is 10.6. The van der Waals surface area contributed by atoms with Crippen LogP contribution in [-0.4, -0.2) is 36.5 Å². The summed E-state index contributed by atoms with van der Waals surface area (Å²) in [6.45, 7) is 6.25. The summed E-state index contributed by atoms with van der Waals surface area (Å²) < 4.78 is 17.6. The number of ether oxygens (including phenoxy) is 1. The Bertz CT molecular complexity index is 537. The van der Waals surface area contributed by atoms with E-state index in [1.54, 1.807) is 31.2 Å². The van der Waals surface area contributed by atoms with Crippen molar-refractivity contribution < 1.29 is 18.7 Å². The summed E-state index contributed by atoms with van der Waals surface area (Å²) in [5.41, 5.74) is 0.721. The zero-order valence-corrected chi connectivity index (χ0v) is 12.6. The number of amides is 1. The van der Waals surface area contributed by atoms with E-state index in [0.29, 0.717) is 13.2 Å². The quantitative estimate of drug-likeness (QED) is 0.421. The van der Waals surface area contributed by atoms with Gasteiger partial charge in [0.2, 0.25) is 5.91 Å². The van der Waals surface area contributed by atoms with Crippen molar-refractivity contribution in [1.29, 1.82) is 0 Å². The smallest absolute Gasteiger partial charge is 0.307 e. The van der Waals surface area contributed by atoms with Crippen molar-refractivity contribution in [2.75, 3.05) is 19.7 Å². The van der Waals surface area contributed by atoms with E-state index in [1.807, 2.05) is 0 Å². The van der Waals surface area contributed by atoms with E-state index in [0.717, 1.165) is 5.56 Å². The second-order valence-electron chi connectivity index (χ2n) is 4.51. The van der Waals surface area contributed by atoms with Gasteiger partial charge in [0.05, 0.1) is 13.0 Å². The van der Waals surface area contributed by atoms with E-state index in [9.17, 15) is 14.0 Å². The van der Waals surface area contributed by atoms with Gasteiger partial charge in [-0.1, -0.05) is 18.2 Å². The molecule has 4 nitrogen and oxygen atoms in total. The summed E-state index contributed by atoms with van der Waals surface area (Å²) in [7, 11) is 0. The summed E-state index contributed by atoms with van der Waals surface area (Å²) in [5, 5.41) is 0. The van der Waals surface area contributed by atoms with Crippen LogP contribution in [0.1, 0.15) is 18.9 Å². The Morgan fingerprint density at radius 2 is 2.00 bits per heavy atom. The van der Waals surface area contributed by atoms with Crippen LogP contribution in [0.25, 0.3) is 6.08 Å². The lowest BCUT2D eigenvalue weighted by Gasteiger charge is -2.18. The molecule has 1 amide bonds. The third-order valence-corrected chi connectivity index (χ3v) is 2.84. The maximum absolute atomic E-state index is 12.8. The third-order valence-electron chi connectivity index (χ3n) is 2.84. The predicted molar refractivity (Wildman–Crippen MR) is 83.5 cm³/mol. The third kappa shape index (κ3) is 6.35. The normalized spacial score (nSPS) is 10.5. The van der Waals surface area contributed by atoms with Crippen molar-refractivity contribution in [1.82, 2.24) is 4.90 Å². The van der Waals surface area contributed by atoms with Crippen LogP contribution >= 0.6 is 0 Å². The first-order valence-corrected chi connectivity index (χ1v) is 7.06. The molecule has 5 heteroatoms. The number of hydrogen-bond donors (Lipinski definition) is 0. The highest BCUT2D eigenvalue weighted by Crippen LogP contribution is 2.06. The number of carbonyl (C=O) groups is 2. The largest absolute Gasteiger partial charge is 0.466 e. The molecule has 0 bridgehead atoms. The first-order valence-electron chi connectivity index (χ1n) is 7.06. The molecule has 0 saturated heterocycles. The molecule has 0 atom stereocenters. The van der Waals surface area contributed by atoms with Crippen LogP contribution in [0.2, 0.25) is 0 Å². The second-order valence-corrected chi connectivity index (χ2v) is 4.51. The van der Waals surface area contributed by atoms with Crippen molar-refractivity contribution >= 4 is 18.0 Å². The number of benzene rings is 1. The SMILES string of the molecule is C=CCN(CCC(=O)OCC)C(=O)/C=C/c1ccc(F)cc1. The van der Waals surface area contributed by atoms with E-state index >= 15 is 0 Å². The Hall–Kier alpha value is -2.43. The minimum atomic E-state index is -0.341. The fourth-order valence-electron chi connectivity index (χ4n) is 1.75. The number of nitrogens with zero attached hydrogens (tertiary/aromatic N) is 1. The molecule has 0 spiro atoms. The van der Waals surface area contributed by atoms with E-state index < -0.39 is 0 Å². The molecule has 0 fully saturated rings. The van der Waals surface area contributed by atoms with Crippen molar-refractivity contribution in [2.45, 2.75) is 13.3 Å². The van der Waals surface area contributed by atoms with Gasteiger partial charge in [-0.3, -0.25) is 9.59 Å². The average Bonchev–Trinajstić information content (AvgIpc) is 2.51. The van der Waals surface area contributed by atoms with Gasteiger partial charge < -0.3 is 9.64 Å². The molecule has 0 saturated carbocycles. The van der Waals surface area contributed by atoms with Gasteiger partial charge in [-0.05, 0) is 30.7 Å². The number of carbonyl (C=O) groups excluding carboxylic acids is 2. The summed E-state index contributed by atoms with van der Waals surface area (Å²) in [6.07, 6.45) is 4.72. The Morgan fingerprint density at radius 1 is 1.32 bits per heavy atom. The highest BCUT2D eigenvalue weighted by molar-refractivity contribution is 5.92. The lowest BCUT2D eigenvalue weighted by Crippen LogP contribution is -2.32. The van der Waals surface area contributed by atoms with Crippen molar-refractivity contribution in [3.8, 4) is 0 Å². The van der Waals surface area contributed by atoms with Gasteiger partial charge in [-0.2, -0.15) is 0 Å². The van der Waals surface area contributed by atoms with Crippen LogP contribution in [0.5, 0.6) is 0 Å². The molecular weight excluding hydrogens is 285 g/mol. The van der Waals surface area contributed by atoms with Gasteiger partial charge in [-0.25, -0.2) is 4.39 Å². The van der Waals surface area contributed by atoms with Crippen LogP contribution in [-0.2, 0) is 14.3 Å². The standard InChI is InChI=1S/C17H20FNO3/c1-3-12-19(13-11-17(21)22-4-2)16(20)10-7-14-5-8-15(18)9-6-14/h3,5-10H,1,4,11-13H2,2H3/b10-7+. The lowest BCUT2D eigenvalue weighted by molar-refractivity contribution is -0.143. The van der Waals surface area contributed by atoms with Gasteiger partial charge in [0.1, 0.15) is 5.82 Å². The number of halogens is 1. The highest BCUT2D eigenvalue weighted by Gasteiger charge is 2.11. The predicted octanol–water partition coefficient (Wildman–Crippen LogP) is 2.81. The monoisotopic (exact) mass is 305 g/mol. The molecule has 0 aliphatic heterocycles. The minimum Gasteiger partial charge on any atom is -0.466 e. The van der Waals surface area contributed by atoms with Gasteiger partial charge in [0.25, 0.3) is 0 Å². The van der Waals surface area contributed by atoms with E-state index in [1.165, 1.54) is 23.1 Å². The maximum Gasteiger partial charge on any atom is 0.307 e. The maximum atomic E-state index is 12.8. The van der Waals surface area contributed by atoms with Crippen molar-refractivity contribution in [2.24, 2.45) is 0 Å². The Morgan fingerprint density at radius 3 is 2.59 bits per heavy atom. The van der Waals surface area contributed by atoms with Gasteiger partial charge >= 0.3 is 5.97 Å². The zero-order valence-electron chi connectivity index (χ0n) is 12.6. The highest BCUT2D eigenvalue weighted by atomic mass is 19.1. The summed E-state index contributed by atoms with van der Waals surface area (Å²) in [5.74, 6) is -0.911. The molecular formula is C17H20FNO3. The fourth-order valence-corrected chi connectivity index (χ4v) is 1.75. The molecule has 1 aromatic carbocycles. The Labute approximate surface area is 129 Å². The summed E-state index contributed by atoms with van der Waals surface area (Å²) >= 11 is 0. The number of rotatable bonds is 8. The Kier molecular flexibility index (Phi) is 7.61. The summed E-state index contributed by atoms with van der Waals surface area (Å²) in [6, 6.07) is 5.81. The lowest BCUT2D eigenvalue weighted by atomic mass is 10.2. The molecule has 0 aromatic heterocycles. The average molecular weight is 305 g/mol. The molecule has 0 aliphatic rings. The summed E-state index contributed by atoms with van der Waals surface area (Å²) in [4.78, 5) is 24.9. The molecule has 0 aliphatic carbocycles. The molecule has 22 heavy (non-hydrogen) atoms. The van der Waals surface area contributed by atoms with E-state index in [-0.39, 0.29) is 30.7 Å². The van der Waals surface area contributed by atoms with Gasteiger partial charge in [0.15, 0.2) is 0 Å². The first kappa shape index (κ1) is 17.6. The van der Waals surface area contributed by atoms with Gasteiger partial charge in [-0.15, -0.1) is 6.58 Å². The topological polar surface area (TPSA) is 46.6 Å². The van der Waals surface area contributed by atoms with Crippen LogP contribution in [0.3, 0.4) is 0 Å². The van der Waals surface area contributed by atoms with Crippen molar-refractivity contribution in [3.63, 3.8) is 0 Å². The second kappa shape index (κ2) is 9.50. The molecule has 0 N–H and O–H groups in total. The zero-order chi connectivity index (χ0) is 16.4.